The van der Waals surface area contributed by atoms with E-state index in [1.807, 2.05) is 4.72 Å². The molecule has 2 aromatic rings. The molecule has 0 fully saturated rings. The van der Waals surface area contributed by atoms with Crippen LogP contribution in [0, 0.1) is 18.6 Å². The zero-order chi connectivity index (χ0) is 15.8. The van der Waals surface area contributed by atoms with Crippen LogP contribution in [0.5, 0.6) is 0 Å². The van der Waals surface area contributed by atoms with Gasteiger partial charge in [-0.25, -0.2) is 17.2 Å². The van der Waals surface area contributed by atoms with Crippen LogP contribution in [-0.4, -0.2) is 8.42 Å². The van der Waals surface area contributed by atoms with Gasteiger partial charge in [0.05, 0.1) is 10.7 Å². The van der Waals surface area contributed by atoms with E-state index >= 15 is 0 Å². The number of nitrogens with one attached hydrogen (secondary N) is 1. The molecule has 0 saturated carbocycles. The van der Waals surface area contributed by atoms with Gasteiger partial charge < -0.3 is 5.73 Å². The molecule has 112 valence electrons. The van der Waals surface area contributed by atoms with E-state index in [1.54, 1.807) is 6.92 Å². The number of anilines is 2. The molecule has 0 radical (unpaired) electrons. The van der Waals surface area contributed by atoms with Crippen molar-refractivity contribution in [3.05, 3.63) is 52.6 Å². The van der Waals surface area contributed by atoms with Crippen molar-refractivity contribution in [3.8, 4) is 0 Å². The topological polar surface area (TPSA) is 72.2 Å². The molecule has 0 aliphatic carbocycles. The number of sulfonamides is 1. The molecular weight excluding hydrogens is 322 g/mol. The number of nitrogen functional groups attached to an aromatic ring is 1. The van der Waals surface area contributed by atoms with E-state index in [-0.39, 0.29) is 11.4 Å². The lowest BCUT2D eigenvalue weighted by Gasteiger charge is -2.11. The third-order valence-corrected chi connectivity index (χ3v) is 4.32. The van der Waals surface area contributed by atoms with Crippen LogP contribution in [0.2, 0.25) is 5.02 Å². The molecule has 0 aromatic heterocycles. The monoisotopic (exact) mass is 332 g/mol. The van der Waals surface area contributed by atoms with Crippen molar-refractivity contribution < 1.29 is 17.2 Å². The molecule has 21 heavy (non-hydrogen) atoms. The van der Waals surface area contributed by atoms with Crippen LogP contribution in [0.3, 0.4) is 0 Å². The first-order chi connectivity index (χ1) is 9.70. The normalized spacial score (nSPS) is 11.4. The molecule has 0 aliphatic rings. The maximum Gasteiger partial charge on any atom is 0.265 e. The van der Waals surface area contributed by atoms with Crippen molar-refractivity contribution >= 4 is 33.0 Å². The number of halogens is 3. The molecule has 0 spiro atoms. The van der Waals surface area contributed by atoms with Crippen LogP contribution < -0.4 is 10.5 Å². The van der Waals surface area contributed by atoms with Crippen LogP contribution in [0.15, 0.2) is 35.2 Å². The first-order valence-electron chi connectivity index (χ1n) is 5.74. The second-order valence-corrected chi connectivity index (χ2v) is 6.46. The van der Waals surface area contributed by atoms with Crippen LogP contribution in [-0.2, 0) is 10.0 Å². The quantitative estimate of drug-likeness (QED) is 0.847. The summed E-state index contributed by atoms with van der Waals surface area (Å²) in [4.78, 5) is -0.743. The van der Waals surface area contributed by atoms with E-state index < -0.39 is 31.6 Å². The molecule has 0 bridgehead atoms. The van der Waals surface area contributed by atoms with Crippen molar-refractivity contribution in [1.82, 2.24) is 0 Å². The van der Waals surface area contributed by atoms with Gasteiger partial charge in [-0.1, -0.05) is 17.7 Å². The van der Waals surface area contributed by atoms with Gasteiger partial charge in [-0.05, 0) is 36.8 Å². The van der Waals surface area contributed by atoms with Crippen molar-refractivity contribution in [2.75, 3.05) is 10.5 Å². The molecule has 0 saturated heterocycles. The van der Waals surface area contributed by atoms with Gasteiger partial charge in [0.2, 0.25) is 0 Å². The Balaban J connectivity index is 2.48. The Kier molecular flexibility index (Phi) is 4.06. The number of rotatable bonds is 3. The fraction of sp³-hybridized carbons (Fsp3) is 0.0769. The first-order valence-corrected chi connectivity index (χ1v) is 7.60. The van der Waals surface area contributed by atoms with Gasteiger partial charge in [0.15, 0.2) is 5.82 Å². The van der Waals surface area contributed by atoms with E-state index in [1.165, 1.54) is 12.1 Å². The van der Waals surface area contributed by atoms with E-state index in [0.29, 0.717) is 5.56 Å². The third-order valence-electron chi connectivity index (χ3n) is 2.68. The smallest absolute Gasteiger partial charge is 0.265 e. The maximum absolute atomic E-state index is 13.8. The fourth-order valence-corrected chi connectivity index (χ4v) is 3.17. The highest BCUT2D eigenvalue weighted by Crippen LogP contribution is 2.28. The largest absolute Gasteiger partial charge is 0.399 e. The van der Waals surface area contributed by atoms with E-state index in [2.05, 4.69) is 0 Å². The van der Waals surface area contributed by atoms with Crippen molar-refractivity contribution in [1.29, 1.82) is 0 Å². The molecule has 8 heteroatoms. The summed E-state index contributed by atoms with van der Waals surface area (Å²) in [7, 11) is -4.35. The molecule has 0 unspecified atom stereocenters. The summed E-state index contributed by atoms with van der Waals surface area (Å²) in [5.74, 6) is -1.92. The molecule has 2 rings (SSSR count). The minimum Gasteiger partial charge on any atom is -0.399 e. The molecule has 3 N–H and O–H groups in total. The number of nitrogens with two attached hydrogens (primary N) is 1. The summed E-state index contributed by atoms with van der Waals surface area (Å²) in [5.41, 5.74) is 5.75. The number of hydrogen-bond acceptors (Lipinski definition) is 3. The Labute approximate surface area is 125 Å². The highest BCUT2D eigenvalue weighted by molar-refractivity contribution is 7.92. The summed E-state index contributed by atoms with van der Waals surface area (Å²) in [6, 6.07) is 5.91. The summed E-state index contributed by atoms with van der Waals surface area (Å²) in [6.07, 6.45) is 0. The predicted molar refractivity (Wildman–Crippen MR) is 77.8 cm³/mol. The minimum absolute atomic E-state index is 0.0221. The molecular formula is C13H11ClF2N2O2S. The Morgan fingerprint density at radius 2 is 1.86 bits per heavy atom. The van der Waals surface area contributed by atoms with Crippen molar-refractivity contribution in [2.45, 2.75) is 11.8 Å². The summed E-state index contributed by atoms with van der Waals surface area (Å²) >= 11 is 5.56. The second kappa shape index (κ2) is 5.50. The number of hydrogen-bond donors (Lipinski definition) is 2. The van der Waals surface area contributed by atoms with Crippen molar-refractivity contribution in [3.63, 3.8) is 0 Å². The second-order valence-electron chi connectivity index (χ2n) is 4.40. The Morgan fingerprint density at radius 1 is 1.19 bits per heavy atom. The number of aryl methyl sites for hydroxylation is 1. The zero-order valence-electron chi connectivity index (χ0n) is 10.8. The van der Waals surface area contributed by atoms with Gasteiger partial charge >= 0.3 is 0 Å². The van der Waals surface area contributed by atoms with Gasteiger partial charge in [-0.2, -0.15) is 0 Å². The van der Waals surface area contributed by atoms with Crippen LogP contribution in [0.4, 0.5) is 20.2 Å². The van der Waals surface area contributed by atoms with E-state index in [9.17, 15) is 17.2 Å². The van der Waals surface area contributed by atoms with Crippen LogP contribution >= 0.6 is 11.6 Å². The first kappa shape index (κ1) is 15.5. The molecule has 0 aliphatic heterocycles. The maximum atomic E-state index is 13.8. The molecule has 4 nitrogen and oxygen atoms in total. The lowest BCUT2D eigenvalue weighted by atomic mass is 10.2. The Hall–Kier alpha value is -1.86. The zero-order valence-corrected chi connectivity index (χ0v) is 12.4. The lowest BCUT2D eigenvalue weighted by molar-refractivity contribution is 0.570. The van der Waals surface area contributed by atoms with E-state index in [0.717, 1.165) is 18.2 Å². The highest BCUT2D eigenvalue weighted by Gasteiger charge is 2.23. The van der Waals surface area contributed by atoms with Gasteiger partial charge in [0, 0.05) is 5.69 Å². The standard InChI is InChI=1S/C13H11ClF2N2O2S/c1-7-2-3-11(10(15)4-7)18-21(19,20)12-6-8(17)5-9(14)13(12)16/h2-6,18H,17H2,1H3. The molecule has 0 amide bonds. The van der Waals surface area contributed by atoms with Gasteiger partial charge in [-0.15, -0.1) is 0 Å². The lowest BCUT2D eigenvalue weighted by Crippen LogP contribution is -2.16. The highest BCUT2D eigenvalue weighted by atomic mass is 35.5. The minimum atomic E-state index is -4.35. The molecule has 0 atom stereocenters. The third kappa shape index (κ3) is 3.25. The van der Waals surface area contributed by atoms with Crippen LogP contribution in [0.25, 0.3) is 0 Å². The Morgan fingerprint density at radius 3 is 2.48 bits per heavy atom. The average molecular weight is 333 g/mol. The van der Waals surface area contributed by atoms with Gasteiger partial charge in [0.25, 0.3) is 10.0 Å². The SMILES string of the molecule is Cc1ccc(NS(=O)(=O)c2cc(N)cc(Cl)c2F)c(F)c1. The molecule has 2 aromatic carbocycles. The van der Waals surface area contributed by atoms with Crippen LogP contribution in [0.1, 0.15) is 5.56 Å². The fourth-order valence-electron chi connectivity index (χ4n) is 1.68. The summed E-state index contributed by atoms with van der Waals surface area (Å²) in [5, 5.41) is -0.431. The van der Waals surface area contributed by atoms with E-state index in [4.69, 9.17) is 17.3 Å². The van der Waals surface area contributed by atoms with Crippen molar-refractivity contribution in [2.24, 2.45) is 0 Å². The van der Waals surface area contributed by atoms with Gasteiger partial charge in [-0.3, -0.25) is 4.72 Å². The average Bonchev–Trinajstić information content (AvgIpc) is 2.37. The summed E-state index contributed by atoms with van der Waals surface area (Å²) in [6.45, 7) is 1.65. The molecule has 0 heterocycles. The van der Waals surface area contributed by atoms with Gasteiger partial charge in [0.1, 0.15) is 10.7 Å². The number of benzene rings is 2. The predicted octanol–water partition coefficient (Wildman–Crippen LogP) is 3.31. The Bertz CT molecular complexity index is 810. The summed E-state index contributed by atoms with van der Waals surface area (Å²) < 4.78 is 53.8.